The Labute approximate surface area is 156 Å². The molecule has 2 N–H and O–H groups in total. The Morgan fingerprint density at radius 3 is 2.44 bits per heavy atom. The van der Waals surface area contributed by atoms with Gasteiger partial charge in [0.2, 0.25) is 5.95 Å². The molecule has 0 aliphatic heterocycles. The lowest BCUT2D eigenvalue weighted by molar-refractivity contribution is -0.134. The molecule has 2 amide bonds. The summed E-state index contributed by atoms with van der Waals surface area (Å²) >= 11 is 0. The van der Waals surface area contributed by atoms with E-state index in [1.807, 2.05) is 0 Å². The molecular weight excluding hydrogens is 378 g/mol. The van der Waals surface area contributed by atoms with Crippen LogP contribution in [0.25, 0.3) is 0 Å². The van der Waals surface area contributed by atoms with Crippen LogP contribution in [-0.2, 0) is 19.6 Å². The van der Waals surface area contributed by atoms with E-state index in [-0.39, 0.29) is 17.8 Å². The van der Waals surface area contributed by atoms with Gasteiger partial charge in [0.25, 0.3) is 10.0 Å². The first-order valence-corrected chi connectivity index (χ1v) is 8.91. The molecule has 1 aromatic heterocycles. The fourth-order valence-electron chi connectivity index (χ4n) is 1.49. The fraction of sp³-hybridized carbons (Fsp3) is 0.267. The summed E-state index contributed by atoms with van der Waals surface area (Å²) in [5, 5.41) is 2.97. The first-order valence-electron chi connectivity index (χ1n) is 7.36. The van der Waals surface area contributed by atoms with Crippen molar-refractivity contribution < 1.29 is 27.5 Å². The molecule has 0 spiro atoms. The molecule has 146 valence electrons. The molecule has 1 heterocycles. The molecule has 0 aromatic carbocycles. The molecule has 0 saturated heterocycles. The number of amides is 2. The number of hydrogen-bond acceptors (Lipinski definition) is 9. The second-order valence-electron chi connectivity index (χ2n) is 4.89. The summed E-state index contributed by atoms with van der Waals surface area (Å²) in [6, 6.07) is -1.08. The summed E-state index contributed by atoms with van der Waals surface area (Å²) < 4.78 is 34.8. The van der Waals surface area contributed by atoms with Gasteiger partial charge in [-0.3, -0.25) is 5.32 Å². The van der Waals surface area contributed by atoms with Crippen molar-refractivity contribution in [2.75, 3.05) is 19.5 Å². The third kappa shape index (κ3) is 8.58. The number of sulfonamides is 1. The number of nitrogens with zero attached hydrogens (tertiary/aromatic N) is 3. The number of methoxy groups -OCH3 is 2. The van der Waals surface area contributed by atoms with Crippen molar-refractivity contribution in [2.24, 2.45) is 0 Å². The lowest BCUT2D eigenvalue weighted by atomic mass is 10.3. The number of anilines is 1. The quantitative estimate of drug-likeness (QED) is 0.387. The van der Waals surface area contributed by atoms with Crippen LogP contribution < -0.4 is 14.8 Å². The Morgan fingerprint density at radius 1 is 1.11 bits per heavy atom. The number of aromatic nitrogens is 3. The number of nitrogens with one attached hydrogen (secondary N) is 2. The highest BCUT2D eigenvalue weighted by Crippen LogP contribution is 2.06. The molecule has 0 saturated carbocycles. The highest BCUT2D eigenvalue weighted by Gasteiger charge is 2.13. The van der Waals surface area contributed by atoms with Crippen LogP contribution in [0.2, 0.25) is 0 Å². The zero-order valence-corrected chi connectivity index (χ0v) is 15.9. The highest BCUT2D eigenvalue weighted by atomic mass is 32.2. The summed E-state index contributed by atoms with van der Waals surface area (Å²) in [5.41, 5.74) is 0.513. The zero-order valence-electron chi connectivity index (χ0n) is 15.1. The van der Waals surface area contributed by atoms with E-state index in [2.05, 4.69) is 25.0 Å². The van der Waals surface area contributed by atoms with Gasteiger partial charge in [-0.05, 0) is 19.9 Å². The maximum atomic E-state index is 11.9. The van der Waals surface area contributed by atoms with Crippen LogP contribution >= 0.6 is 0 Å². The summed E-state index contributed by atoms with van der Waals surface area (Å²) in [5.74, 6) is -0.431. The standard InChI is InChI=1S/C15H19N5O6S/c1-10(6-5-7-12(21)25-3)8-9-27(23,24)20-14(22)18-13-16-11(2)17-15(19-13)26-4/h5-9H,1-4H3,(H2,16,17,18,19,20,22)/b7-5-,9-8+,10-6-. The molecule has 11 nitrogen and oxygen atoms in total. The third-order valence-corrected chi connectivity index (χ3v) is 3.64. The topological polar surface area (TPSA) is 149 Å². The van der Waals surface area contributed by atoms with E-state index in [9.17, 15) is 18.0 Å². The molecule has 0 atom stereocenters. The number of rotatable bonds is 7. The number of hydrogen-bond donors (Lipinski definition) is 2. The minimum absolute atomic E-state index is 0.0266. The van der Waals surface area contributed by atoms with Crippen LogP contribution in [-0.4, -0.2) is 49.6 Å². The van der Waals surface area contributed by atoms with Gasteiger partial charge >= 0.3 is 18.0 Å². The van der Waals surface area contributed by atoms with Crippen molar-refractivity contribution in [2.45, 2.75) is 13.8 Å². The third-order valence-electron chi connectivity index (χ3n) is 2.67. The molecule has 0 bridgehead atoms. The molecule has 27 heavy (non-hydrogen) atoms. The summed E-state index contributed by atoms with van der Waals surface area (Å²) in [4.78, 5) is 34.2. The average Bonchev–Trinajstić information content (AvgIpc) is 2.58. The van der Waals surface area contributed by atoms with Crippen LogP contribution in [0.3, 0.4) is 0 Å². The van der Waals surface area contributed by atoms with Crippen molar-refractivity contribution in [3.63, 3.8) is 0 Å². The number of carbonyl (C=O) groups is 2. The molecule has 12 heteroatoms. The smallest absolute Gasteiger partial charge is 0.335 e. The molecule has 0 radical (unpaired) electrons. The Hall–Kier alpha value is -3.28. The first kappa shape index (κ1) is 21.8. The largest absolute Gasteiger partial charge is 0.467 e. The van der Waals surface area contributed by atoms with E-state index in [0.29, 0.717) is 5.57 Å². The lowest BCUT2D eigenvalue weighted by Gasteiger charge is -2.06. The van der Waals surface area contributed by atoms with E-state index in [4.69, 9.17) is 4.74 Å². The minimum Gasteiger partial charge on any atom is -0.467 e. The van der Waals surface area contributed by atoms with Crippen molar-refractivity contribution in [3.05, 3.63) is 41.1 Å². The molecule has 1 rings (SSSR count). The van der Waals surface area contributed by atoms with Gasteiger partial charge in [-0.1, -0.05) is 17.7 Å². The van der Waals surface area contributed by atoms with Gasteiger partial charge in [-0.15, -0.1) is 0 Å². The van der Waals surface area contributed by atoms with E-state index >= 15 is 0 Å². The Kier molecular flexibility index (Phi) is 8.07. The second-order valence-corrected chi connectivity index (χ2v) is 6.46. The fourth-order valence-corrected chi connectivity index (χ4v) is 2.26. The van der Waals surface area contributed by atoms with Gasteiger partial charge in [0, 0.05) is 6.08 Å². The average molecular weight is 397 g/mol. The van der Waals surface area contributed by atoms with Gasteiger partial charge in [-0.25, -0.2) is 22.7 Å². The zero-order chi connectivity index (χ0) is 20.4. The van der Waals surface area contributed by atoms with Crippen LogP contribution in [0.15, 0.2) is 35.3 Å². The van der Waals surface area contributed by atoms with Gasteiger partial charge in [0.15, 0.2) is 0 Å². The summed E-state index contributed by atoms with van der Waals surface area (Å²) in [6.07, 6.45) is 5.30. The maximum absolute atomic E-state index is 11.9. The number of urea groups is 1. The van der Waals surface area contributed by atoms with E-state index in [0.717, 1.165) is 5.41 Å². The first-order chi connectivity index (χ1) is 12.6. The lowest BCUT2D eigenvalue weighted by Crippen LogP contribution is -2.33. The number of allylic oxidation sites excluding steroid dienone is 4. The van der Waals surface area contributed by atoms with E-state index in [1.165, 1.54) is 38.5 Å². The Bertz CT molecular complexity index is 892. The van der Waals surface area contributed by atoms with E-state index < -0.39 is 22.0 Å². The van der Waals surface area contributed by atoms with Crippen molar-refractivity contribution in [1.82, 2.24) is 19.7 Å². The van der Waals surface area contributed by atoms with E-state index in [1.54, 1.807) is 18.6 Å². The summed E-state index contributed by atoms with van der Waals surface area (Å²) in [7, 11) is -1.50. The van der Waals surface area contributed by atoms with Gasteiger partial charge < -0.3 is 9.47 Å². The predicted molar refractivity (Wildman–Crippen MR) is 96.2 cm³/mol. The Morgan fingerprint density at radius 2 is 1.81 bits per heavy atom. The molecule has 0 aliphatic carbocycles. The predicted octanol–water partition coefficient (Wildman–Crippen LogP) is 0.829. The van der Waals surface area contributed by atoms with Gasteiger partial charge in [0.05, 0.1) is 19.6 Å². The minimum atomic E-state index is -4.07. The summed E-state index contributed by atoms with van der Waals surface area (Å²) in [6.45, 7) is 3.16. The Balaban J connectivity index is 2.72. The van der Waals surface area contributed by atoms with Crippen molar-refractivity contribution in [1.29, 1.82) is 0 Å². The monoisotopic (exact) mass is 397 g/mol. The second kappa shape index (κ2) is 10.0. The van der Waals surface area contributed by atoms with Gasteiger partial charge in [0.1, 0.15) is 5.82 Å². The normalized spacial score (nSPS) is 12.2. The van der Waals surface area contributed by atoms with Crippen LogP contribution in [0.1, 0.15) is 12.7 Å². The van der Waals surface area contributed by atoms with Gasteiger partial charge in [-0.2, -0.15) is 15.0 Å². The molecule has 0 aliphatic rings. The molecule has 0 fully saturated rings. The van der Waals surface area contributed by atoms with Crippen LogP contribution in [0.5, 0.6) is 6.01 Å². The molecular formula is C15H19N5O6S. The molecule has 0 unspecified atom stereocenters. The number of aryl methyl sites for hydroxylation is 1. The van der Waals surface area contributed by atoms with Crippen LogP contribution in [0.4, 0.5) is 10.7 Å². The number of ether oxygens (including phenoxy) is 2. The number of esters is 1. The number of carbonyl (C=O) groups excluding carboxylic acids is 2. The highest BCUT2D eigenvalue weighted by molar-refractivity contribution is 7.92. The van der Waals surface area contributed by atoms with Crippen LogP contribution in [0, 0.1) is 6.92 Å². The maximum Gasteiger partial charge on any atom is 0.335 e. The van der Waals surface area contributed by atoms with Crippen molar-refractivity contribution in [3.8, 4) is 6.01 Å². The SMILES string of the molecule is COC(=O)\C=C/C=C(C)\C=C\S(=O)(=O)NC(=O)Nc1nc(C)nc(OC)n1. The molecule has 1 aromatic rings. The van der Waals surface area contributed by atoms with Crippen molar-refractivity contribution >= 4 is 28.0 Å².